The second kappa shape index (κ2) is 18.2. The lowest BCUT2D eigenvalue weighted by atomic mass is 10.4. The number of hydrogen-bond acceptors (Lipinski definition) is 9. The molecule has 0 bridgehead atoms. The summed E-state index contributed by atoms with van der Waals surface area (Å²) in [6.07, 6.45) is 11.9. The first-order valence-electron chi connectivity index (χ1n) is 21.2. The van der Waals surface area contributed by atoms with Gasteiger partial charge in [-0.3, -0.25) is 0 Å². The molecule has 0 saturated carbocycles. The summed E-state index contributed by atoms with van der Waals surface area (Å²) in [4.78, 5) is 0. The molecule has 0 amide bonds. The number of hydrogen-bond donors (Lipinski definition) is 9. The first kappa shape index (κ1) is 46.0. The molecule has 18 heteroatoms. The van der Waals surface area contributed by atoms with E-state index >= 15 is 0 Å². The molecule has 296 valence electrons. The van der Waals surface area contributed by atoms with E-state index in [4.69, 9.17) is 0 Å². The maximum atomic E-state index is 4.49. The van der Waals surface area contributed by atoms with Crippen molar-refractivity contribution < 1.29 is 0 Å². The van der Waals surface area contributed by atoms with Crippen molar-refractivity contribution in [2.24, 2.45) is 0 Å². The van der Waals surface area contributed by atoms with E-state index in [2.05, 4.69) is 135 Å². The Morgan fingerprint density at radius 2 is 0.340 bits per heavy atom. The Kier molecular flexibility index (Phi) is 16.8. The molecule has 0 aromatic heterocycles. The molecule has 50 heavy (non-hydrogen) atoms. The molecule has 0 spiro atoms. The van der Waals surface area contributed by atoms with Gasteiger partial charge in [0.15, 0.2) is 75.6 Å². The zero-order valence-electron chi connectivity index (χ0n) is 35.7. The molecule has 0 aromatic carbocycles. The Hall–Kier alpha value is 1.59. The Balaban J connectivity index is 1.63. The van der Waals surface area contributed by atoms with Crippen LogP contribution in [0.3, 0.4) is 0 Å². The number of rotatable bonds is 20. The highest BCUT2D eigenvalue weighted by molar-refractivity contribution is 7.07. The van der Waals surface area contributed by atoms with Crippen molar-refractivity contribution in [3.8, 4) is 0 Å². The topological polar surface area (TPSA) is 108 Å². The molecular formula is C32H87N9Si9. The van der Waals surface area contributed by atoms with E-state index in [1.165, 1.54) is 112 Å². The summed E-state index contributed by atoms with van der Waals surface area (Å²) in [6, 6.07) is 12.2. The van der Waals surface area contributed by atoms with E-state index in [1.54, 1.807) is 0 Å². The molecule has 3 saturated heterocycles. The minimum atomic E-state index is -1.77. The minimum absolute atomic E-state index is 1.28. The fourth-order valence-corrected chi connectivity index (χ4v) is 80.3. The van der Waals surface area contributed by atoms with Crippen LogP contribution < -0.4 is 41.8 Å². The van der Waals surface area contributed by atoms with E-state index in [0.29, 0.717) is 0 Å². The van der Waals surface area contributed by atoms with Crippen molar-refractivity contribution >= 4 is 75.6 Å². The predicted molar refractivity (Wildman–Crippen MR) is 246 cm³/mol. The lowest BCUT2D eigenvalue weighted by Crippen LogP contribution is -2.90. The van der Waals surface area contributed by atoms with Crippen LogP contribution in [0.1, 0.15) is 92.4 Å². The Labute approximate surface area is 321 Å². The molecule has 9 nitrogen and oxygen atoms in total. The maximum Gasteiger partial charge on any atom is 0.186 e. The van der Waals surface area contributed by atoms with Gasteiger partial charge in [-0.15, -0.1) is 0 Å². The van der Waals surface area contributed by atoms with Gasteiger partial charge in [0.25, 0.3) is 0 Å². The molecule has 6 atom stereocenters. The largest absolute Gasteiger partial charge is 0.336 e. The zero-order valence-corrected chi connectivity index (χ0v) is 44.7. The van der Waals surface area contributed by atoms with Crippen molar-refractivity contribution in [3.05, 3.63) is 0 Å². The zero-order chi connectivity index (χ0) is 37.6. The minimum Gasteiger partial charge on any atom is -0.336 e. The number of nitrogens with one attached hydrogen (secondary N) is 9. The van der Waals surface area contributed by atoms with Gasteiger partial charge >= 0.3 is 0 Å². The van der Waals surface area contributed by atoms with Gasteiger partial charge in [-0.25, -0.2) is 0 Å². The van der Waals surface area contributed by atoms with Crippen LogP contribution in [0, 0.1) is 0 Å². The Bertz CT molecular complexity index is 972. The van der Waals surface area contributed by atoms with Gasteiger partial charge in [0.2, 0.25) is 0 Å². The van der Waals surface area contributed by atoms with E-state index in [9.17, 15) is 0 Å². The van der Waals surface area contributed by atoms with Gasteiger partial charge in [0.1, 0.15) is 0 Å². The SMILES string of the molecule is CCC[Si]1(C)N[Si](C)(CCC)N[Si](C)(CCCC[Si]2(C)N[Si](C)(CCC)N[Si](C)(CCCC[Si]3(C)N[Si](C)(CCC)N[Si](C)(CCC)N3)N2)N1. The highest BCUT2D eigenvalue weighted by Crippen LogP contribution is 2.29. The fraction of sp³-hybridized carbons (Fsp3) is 1.00. The summed E-state index contributed by atoms with van der Waals surface area (Å²) < 4.78 is 39.3. The summed E-state index contributed by atoms with van der Waals surface area (Å²) in [6.45, 7) is 35.4. The molecule has 0 aromatic rings. The summed E-state index contributed by atoms with van der Waals surface area (Å²) >= 11 is 0. The molecule has 9 N–H and O–H groups in total. The molecule has 3 rings (SSSR count). The standard InChI is InChI=1S/C32H87N9Si9/c1-15-24-42(6)33-43(7,25-16-2)36-47(11,35-42)29-20-22-31-49(13)39-46(10,28-19-5)40-50(14,41-49)32-23-21-30-48(12)37-44(8,26-17-3)34-45(9,38-48)27-18-4/h33-41H,15-32H2,1-14H3. The normalized spacial score (nSPS) is 44.0. The molecular weight excluding hydrogens is 763 g/mol. The van der Waals surface area contributed by atoms with Gasteiger partial charge < -0.3 is 41.8 Å². The van der Waals surface area contributed by atoms with E-state index in [0.717, 1.165) is 0 Å². The molecule has 0 aliphatic carbocycles. The van der Waals surface area contributed by atoms with Crippen molar-refractivity contribution in [2.75, 3.05) is 0 Å². The molecule has 3 heterocycles. The second-order valence-electron chi connectivity index (χ2n) is 19.3. The fourth-order valence-electron chi connectivity index (χ4n) is 11.3. The van der Waals surface area contributed by atoms with Gasteiger partial charge in [0, 0.05) is 0 Å². The van der Waals surface area contributed by atoms with Crippen LogP contribution in [-0.2, 0) is 0 Å². The predicted octanol–water partition coefficient (Wildman–Crippen LogP) is 7.59. The van der Waals surface area contributed by atoms with Gasteiger partial charge in [-0.1, -0.05) is 92.4 Å². The molecule has 0 radical (unpaired) electrons. The maximum absolute atomic E-state index is 4.49. The van der Waals surface area contributed by atoms with Crippen molar-refractivity contribution in [2.45, 2.75) is 206 Å². The van der Waals surface area contributed by atoms with Crippen molar-refractivity contribution in [1.82, 2.24) is 41.8 Å². The monoisotopic (exact) mass is 850 g/mol. The van der Waals surface area contributed by atoms with Crippen LogP contribution in [0.15, 0.2) is 0 Å². The molecule has 3 aliphatic heterocycles. The lowest BCUT2D eigenvalue weighted by Gasteiger charge is -2.54. The third kappa shape index (κ3) is 13.4. The summed E-state index contributed by atoms with van der Waals surface area (Å²) in [5, 5.41) is 0. The molecule has 3 aliphatic rings. The van der Waals surface area contributed by atoms with E-state index < -0.39 is 75.6 Å². The lowest BCUT2D eigenvalue weighted by molar-refractivity contribution is 0.787. The first-order valence-corrected chi connectivity index (χ1v) is 45.6. The first-order chi connectivity index (χ1) is 23.1. The second-order valence-corrected chi connectivity index (χ2v) is 56.8. The van der Waals surface area contributed by atoms with Gasteiger partial charge in [-0.05, 0) is 113 Å². The molecule has 3 fully saturated rings. The van der Waals surface area contributed by atoms with Crippen LogP contribution >= 0.6 is 0 Å². The third-order valence-corrected chi connectivity index (χ3v) is 64.6. The third-order valence-electron chi connectivity index (χ3n) is 11.9. The van der Waals surface area contributed by atoms with Crippen molar-refractivity contribution in [3.63, 3.8) is 0 Å². The average Bonchev–Trinajstić information content (AvgIpc) is 2.91. The summed E-state index contributed by atoms with van der Waals surface area (Å²) in [5.41, 5.74) is 0. The van der Waals surface area contributed by atoms with Gasteiger partial charge in [-0.2, -0.15) is 0 Å². The Morgan fingerprint density at radius 3 is 0.460 bits per heavy atom. The van der Waals surface area contributed by atoms with E-state index in [1.807, 2.05) is 0 Å². The smallest absolute Gasteiger partial charge is 0.186 e. The Morgan fingerprint density at radius 1 is 0.220 bits per heavy atom. The van der Waals surface area contributed by atoms with Crippen LogP contribution in [-0.4, -0.2) is 75.6 Å². The van der Waals surface area contributed by atoms with Crippen LogP contribution in [0.5, 0.6) is 0 Å². The van der Waals surface area contributed by atoms with E-state index in [-0.39, 0.29) is 0 Å². The highest BCUT2D eigenvalue weighted by Gasteiger charge is 2.53. The number of unbranched alkanes of at least 4 members (excludes halogenated alkanes) is 2. The van der Waals surface area contributed by atoms with Gasteiger partial charge in [0.05, 0.1) is 0 Å². The quantitative estimate of drug-likeness (QED) is 0.0453. The summed E-state index contributed by atoms with van der Waals surface area (Å²) in [7, 11) is -15.1. The molecule has 6 unspecified atom stereocenters. The average molecular weight is 851 g/mol. The van der Waals surface area contributed by atoms with Crippen LogP contribution in [0.4, 0.5) is 0 Å². The highest BCUT2D eigenvalue weighted by atomic mass is 28.5. The van der Waals surface area contributed by atoms with Crippen molar-refractivity contribution in [1.29, 1.82) is 0 Å². The van der Waals surface area contributed by atoms with Crippen LogP contribution in [0.25, 0.3) is 0 Å². The van der Waals surface area contributed by atoms with Crippen LogP contribution in [0.2, 0.25) is 113 Å². The summed E-state index contributed by atoms with van der Waals surface area (Å²) in [5.74, 6) is 0.